The highest BCUT2D eigenvalue weighted by molar-refractivity contribution is 7.99. The van der Waals surface area contributed by atoms with Gasteiger partial charge in [0.15, 0.2) is 11.0 Å². The molecule has 3 rings (SSSR count). The van der Waals surface area contributed by atoms with Crippen LogP contribution in [0.5, 0.6) is 0 Å². The van der Waals surface area contributed by atoms with Gasteiger partial charge in [0.25, 0.3) is 0 Å². The summed E-state index contributed by atoms with van der Waals surface area (Å²) >= 11 is 1.40. The van der Waals surface area contributed by atoms with Crippen LogP contribution in [-0.4, -0.2) is 33.6 Å². The number of carbonyl (C=O) groups excluding carboxylic acids is 1. The normalized spacial score (nSPS) is 10.7. The van der Waals surface area contributed by atoms with E-state index in [-0.39, 0.29) is 18.2 Å². The van der Waals surface area contributed by atoms with Crippen molar-refractivity contribution in [1.29, 1.82) is 0 Å². The lowest BCUT2D eigenvalue weighted by Gasteiger charge is -2.11. The van der Waals surface area contributed by atoms with Gasteiger partial charge in [-0.25, -0.2) is 4.39 Å². The minimum atomic E-state index is -0.347. The molecule has 7 heteroatoms. The van der Waals surface area contributed by atoms with Crippen LogP contribution in [0.4, 0.5) is 4.39 Å². The van der Waals surface area contributed by atoms with E-state index in [9.17, 15) is 9.18 Å². The summed E-state index contributed by atoms with van der Waals surface area (Å²) in [6.07, 6.45) is 0.272. The lowest BCUT2D eigenvalue weighted by molar-refractivity contribution is -0.140. The maximum Gasteiger partial charge on any atom is 0.306 e. The minimum absolute atomic E-state index is 0.272. The van der Waals surface area contributed by atoms with Gasteiger partial charge in [-0.05, 0) is 17.7 Å². The van der Waals surface area contributed by atoms with Gasteiger partial charge < -0.3 is 4.74 Å². The molecular weight excluding hydrogens is 353 g/mol. The molecule has 0 spiro atoms. The number of benzene rings is 2. The third-order valence-corrected chi connectivity index (χ3v) is 4.75. The Morgan fingerprint density at radius 1 is 1.12 bits per heavy atom. The molecule has 0 radical (unpaired) electrons. The fourth-order valence-electron chi connectivity index (χ4n) is 2.47. The standard InChI is InChI=1S/C19H18FN3O2S/c1-25-17(24)11-12-26-19-22-21-18(15-9-5-6-10-16(15)20)23(19)13-14-7-3-2-4-8-14/h2-10H,11-13H2,1H3. The zero-order valence-corrected chi connectivity index (χ0v) is 15.1. The van der Waals surface area contributed by atoms with Crippen molar-refractivity contribution in [3.63, 3.8) is 0 Å². The van der Waals surface area contributed by atoms with Gasteiger partial charge in [0.1, 0.15) is 5.82 Å². The fraction of sp³-hybridized carbons (Fsp3) is 0.211. The SMILES string of the molecule is COC(=O)CCSc1nnc(-c2ccccc2F)n1Cc1ccccc1. The third-order valence-electron chi connectivity index (χ3n) is 3.78. The first kappa shape index (κ1) is 18.1. The number of nitrogens with zero attached hydrogens (tertiary/aromatic N) is 3. The summed E-state index contributed by atoms with van der Waals surface area (Å²) in [5.41, 5.74) is 1.45. The smallest absolute Gasteiger partial charge is 0.306 e. The molecule has 0 bridgehead atoms. The number of carbonyl (C=O) groups is 1. The van der Waals surface area contributed by atoms with Crippen LogP contribution in [0.3, 0.4) is 0 Å². The first-order chi connectivity index (χ1) is 12.7. The molecule has 0 unspecified atom stereocenters. The van der Waals surface area contributed by atoms with Gasteiger partial charge in [-0.2, -0.15) is 0 Å². The number of hydrogen-bond acceptors (Lipinski definition) is 5. The Balaban J connectivity index is 1.91. The number of rotatable bonds is 7. The zero-order valence-electron chi connectivity index (χ0n) is 14.3. The van der Waals surface area contributed by atoms with Crippen molar-refractivity contribution in [3.05, 3.63) is 66.0 Å². The summed E-state index contributed by atoms with van der Waals surface area (Å²) in [5, 5.41) is 9.04. The minimum Gasteiger partial charge on any atom is -0.469 e. The van der Waals surface area contributed by atoms with Crippen LogP contribution in [0.1, 0.15) is 12.0 Å². The highest BCUT2D eigenvalue weighted by atomic mass is 32.2. The van der Waals surface area contributed by atoms with Crippen LogP contribution < -0.4 is 0 Å². The van der Waals surface area contributed by atoms with Crippen molar-refractivity contribution in [1.82, 2.24) is 14.8 Å². The molecule has 134 valence electrons. The van der Waals surface area contributed by atoms with E-state index in [1.807, 2.05) is 34.9 Å². The number of hydrogen-bond donors (Lipinski definition) is 0. The molecule has 3 aromatic rings. The highest BCUT2D eigenvalue weighted by Gasteiger charge is 2.17. The average molecular weight is 371 g/mol. The van der Waals surface area contributed by atoms with Crippen LogP contribution in [0, 0.1) is 5.82 Å². The Morgan fingerprint density at radius 2 is 1.85 bits per heavy atom. The molecular formula is C19H18FN3O2S. The number of ether oxygens (including phenoxy) is 1. The third kappa shape index (κ3) is 4.29. The van der Waals surface area contributed by atoms with Crippen LogP contribution in [0.25, 0.3) is 11.4 Å². The summed E-state index contributed by atoms with van der Waals surface area (Å²) < 4.78 is 20.8. The molecule has 0 saturated carbocycles. The predicted molar refractivity (Wildman–Crippen MR) is 98.3 cm³/mol. The lowest BCUT2D eigenvalue weighted by Crippen LogP contribution is -2.06. The van der Waals surface area contributed by atoms with Crippen LogP contribution >= 0.6 is 11.8 Å². The summed E-state index contributed by atoms with van der Waals surface area (Å²) in [7, 11) is 1.36. The molecule has 0 saturated heterocycles. The van der Waals surface area contributed by atoms with Gasteiger partial charge in [0.2, 0.25) is 0 Å². The topological polar surface area (TPSA) is 57.0 Å². The zero-order chi connectivity index (χ0) is 18.4. The molecule has 0 atom stereocenters. The van der Waals surface area contributed by atoms with E-state index in [1.54, 1.807) is 18.2 Å². The van der Waals surface area contributed by atoms with Crippen molar-refractivity contribution in [2.45, 2.75) is 18.1 Å². The van der Waals surface area contributed by atoms with E-state index in [4.69, 9.17) is 0 Å². The lowest BCUT2D eigenvalue weighted by atomic mass is 10.2. The molecule has 5 nitrogen and oxygen atoms in total. The first-order valence-corrected chi connectivity index (χ1v) is 9.09. The first-order valence-electron chi connectivity index (χ1n) is 8.10. The van der Waals surface area contributed by atoms with Crippen molar-refractivity contribution in [2.24, 2.45) is 0 Å². The van der Waals surface area contributed by atoms with E-state index in [1.165, 1.54) is 24.9 Å². The number of esters is 1. The molecule has 2 aromatic carbocycles. The summed E-state index contributed by atoms with van der Waals surface area (Å²) in [6.45, 7) is 0.512. The Bertz CT molecular complexity index is 884. The number of aromatic nitrogens is 3. The molecule has 0 aliphatic carbocycles. The predicted octanol–water partition coefficient (Wildman–Crippen LogP) is 3.79. The van der Waals surface area contributed by atoms with Crippen LogP contribution in [0.2, 0.25) is 0 Å². The molecule has 1 heterocycles. The Labute approximate surface area is 155 Å². The largest absolute Gasteiger partial charge is 0.469 e. The Kier molecular flexibility index (Phi) is 6.01. The van der Waals surface area contributed by atoms with Crippen molar-refractivity contribution < 1.29 is 13.9 Å². The van der Waals surface area contributed by atoms with Crippen molar-refractivity contribution >= 4 is 17.7 Å². The van der Waals surface area contributed by atoms with Gasteiger partial charge in [0.05, 0.1) is 25.6 Å². The number of methoxy groups -OCH3 is 1. The van der Waals surface area contributed by atoms with Crippen LogP contribution in [-0.2, 0) is 16.1 Å². The molecule has 0 amide bonds. The van der Waals surface area contributed by atoms with E-state index in [2.05, 4.69) is 14.9 Å². The monoisotopic (exact) mass is 371 g/mol. The second kappa shape index (κ2) is 8.62. The summed E-state index contributed by atoms with van der Waals surface area (Å²) in [5.74, 6) is 0.352. The van der Waals surface area contributed by atoms with Gasteiger partial charge >= 0.3 is 5.97 Å². The molecule has 0 aliphatic rings. The molecule has 0 aliphatic heterocycles. The van der Waals surface area contributed by atoms with Crippen molar-refractivity contribution in [2.75, 3.05) is 12.9 Å². The average Bonchev–Trinajstić information content (AvgIpc) is 3.05. The quantitative estimate of drug-likeness (QED) is 0.467. The number of thioether (sulfide) groups is 1. The summed E-state index contributed by atoms with van der Waals surface area (Å²) in [4.78, 5) is 11.3. The molecule has 26 heavy (non-hydrogen) atoms. The van der Waals surface area contributed by atoms with E-state index in [0.29, 0.717) is 28.8 Å². The van der Waals surface area contributed by atoms with Gasteiger partial charge in [0, 0.05) is 5.75 Å². The number of halogens is 1. The Hall–Kier alpha value is -2.67. The van der Waals surface area contributed by atoms with Gasteiger partial charge in [-0.3, -0.25) is 9.36 Å². The maximum absolute atomic E-state index is 14.3. The van der Waals surface area contributed by atoms with Crippen LogP contribution in [0.15, 0.2) is 59.8 Å². The van der Waals surface area contributed by atoms with Gasteiger partial charge in [-0.1, -0.05) is 54.2 Å². The summed E-state index contributed by atoms with van der Waals surface area (Å²) in [6, 6.07) is 16.3. The fourth-order valence-corrected chi connectivity index (χ4v) is 3.33. The molecule has 1 aromatic heterocycles. The maximum atomic E-state index is 14.3. The second-order valence-electron chi connectivity index (χ2n) is 5.53. The van der Waals surface area contributed by atoms with Gasteiger partial charge in [-0.15, -0.1) is 10.2 Å². The van der Waals surface area contributed by atoms with Crippen molar-refractivity contribution in [3.8, 4) is 11.4 Å². The Morgan fingerprint density at radius 3 is 2.58 bits per heavy atom. The van der Waals surface area contributed by atoms with E-state index >= 15 is 0 Å². The highest BCUT2D eigenvalue weighted by Crippen LogP contribution is 2.27. The second-order valence-corrected chi connectivity index (χ2v) is 6.59. The van der Waals surface area contributed by atoms with E-state index < -0.39 is 0 Å². The molecule has 0 fully saturated rings. The molecule has 0 N–H and O–H groups in total. The van der Waals surface area contributed by atoms with E-state index in [0.717, 1.165) is 5.56 Å².